The Hall–Kier alpha value is -2.76. The van der Waals surface area contributed by atoms with Crippen molar-refractivity contribution < 1.29 is 23.4 Å². The third-order valence-electron chi connectivity index (χ3n) is 3.02. The van der Waals surface area contributed by atoms with Crippen LogP contribution in [0.5, 0.6) is 17.2 Å². The van der Waals surface area contributed by atoms with E-state index in [9.17, 15) is 9.18 Å². The largest absolute Gasteiger partial charge is 0.486 e. The number of carbonyl (C=O) groups excluding carboxylic acids is 1. The highest BCUT2D eigenvalue weighted by Gasteiger charge is 2.13. The first-order valence-electron chi connectivity index (χ1n) is 6.79. The second kappa shape index (κ2) is 6.34. The number of hydrogen-bond acceptors (Lipinski definition) is 4. The third-order valence-corrected chi connectivity index (χ3v) is 3.02. The zero-order chi connectivity index (χ0) is 15.4. The lowest BCUT2D eigenvalue weighted by Gasteiger charge is -2.19. The fraction of sp³-hybridized carbons (Fsp3) is 0.188. The Labute approximate surface area is 126 Å². The van der Waals surface area contributed by atoms with Crippen molar-refractivity contribution in [2.75, 3.05) is 25.1 Å². The van der Waals surface area contributed by atoms with E-state index in [2.05, 4.69) is 5.32 Å². The lowest BCUT2D eigenvalue weighted by atomic mass is 10.2. The van der Waals surface area contributed by atoms with Gasteiger partial charge in [0.15, 0.2) is 29.7 Å². The summed E-state index contributed by atoms with van der Waals surface area (Å²) in [6, 6.07) is 11.0. The minimum Gasteiger partial charge on any atom is -0.486 e. The van der Waals surface area contributed by atoms with Crippen molar-refractivity contribution in [2.45, 2.75) is 0 Å². The molecule has 2 aromatic carbocycles. The molecule has 22 heavy (non-hydrogen) atoms. The van der Waals surface area contributed by atoms with Gasteiger partial charge >= 0.3 is 0 Å². The van der Waals surface area contributed by atoms with E-state index in [1.54, 1.807) is 30.3 Å². The lowest BCUT2D eigenvalue weighted by molar-refractivity contribution is -0.118. The van der Waals surface area contributed by atoms with Crippen LogP contribution in [-0.2, 0) is 4.79 Å². The van der Waals surface area contributed by atoms with Crippen LogP contribution in [0, 0.1) is 5.82 Å². The molecular formula is C16H14FNO4. The Kier molecular flexibility index (Phi) is 4.09. The van der Waals surface area contributed by atoms with E-state index in [-0.39, 0.29) is 18.3 Å². The fourth-order valence-corrected chi connectivity index (χ4v) is 2.02. The van der Waals surface area contributed by atoms with E-state index >= 15 is 0 Å². The average Bonchev–Trinajstić information content (AvgIpc) is 2.54. The molecule has 3 rings (SSSR count). The van der Waals surface area contributed by atoms with Crippen molar-refractivity contribution >= 4 is 11.6 Å². The highest BCUT2D eigenvalue weighted by atomic mass is 19.1. The molecule has 0 spiro atoms. The first-order valence-corrected chi connectivity index (χ1v) is 6.79. The summed E-state index contributed by atoms with van der Waals surface area (Å²) in [6.45, 7) is 0.700. The van der Waals surface area contributed by atoms with E-state index in [1.165, 1.54) is 12.1 Å². The zero-order valence-corrected chi connectivity index (χ0v) is 11.7. The summed E-state index contributed by atoms with van der Waals surface area (Å²) >= 11 is 0. The van der Waals surface area contributed by atoms with Gasteiger partial charge in [0.1, 0.15) is 13.2 Å². The maximum absolute atomic E-state index is 13.4. The number of fused-ring (bicyclic) bond motifs is 1. The predicted molar refractivity (Wildman–Crippen MR) is 78.0 cm³/mol. The zero-order valence-electron chi connectivity index (χ0n) is 11.7. The van der Waals surface area contributed by atoms with Gasteiger partial charge in [0.25, 0.3) is 5.91 Å². The monoisotopic (exact) mass is 303 g/mol. The second-order valence-corrected chi connectivity index (χ2v) is 4.63. The minimum absolute atomic E-state index is 0.0415. The molecule has 0 fully saturated rings. The van der Waals surface area contributed by atoms with Crippen LogP contribution < -0.4 is 19.5 Å². The molecule has 0 radical (unpaired) electrons. The molecule has 5 nitrogen and oxygen atoms in total. The summed E-state index contributed by atoms with van der Waals surface area (Å²) in [5.74, 6) is 0.375. The van der Waals surface area contributed by atoms with Crippen LogP contribution in [0.25, 0.3) is 0 Å². The summed E-state index contributed by atoms with van der Waals surface area (Å²) in [5.41, 5.74) is 0.561. The molecule has 1 aliphatic rings. The number of benzene rings is 2. The average molecular weight is 303 g/mol. The van der Waals surface area contributed by atoms with Crippen molar-refractivity contribution in [1.82, 2.24) is 0 Å². The minimum atomic E-state index is -0.505. The van der Waals surface area contributed by atoms with Crippen LogP contribution in [0.15, 0.2) is 42.5 Å². The summed E-state index contributed by atoms with van der Waals surface area (Å²) in [4.78, 5) is 11.8. The van der Waals surface area contributed by atoms with Crippen molar-refractivity contribution in [2.24, 2.45) is 0 Å². The highest BCUT2D eigenvalue weighted by Crippen LogP contribution is 2.32. The number of amides is 1. The van der Waals surface area contributed by atoms with Gasteiger partial charge in [-0.3, -0.25) is 4.79 Å². The predicted octanol–water partition coefficient (Wildman–Crippen LogP) is 2.61. The number of halogens is 1. The third kappa shape index (κ3) is 3.28. The molecule has 0 aromatic heterocycles. The smallest absolute Gasteiger partial charge is 0.262 e. The van der Waals surface area contributed by atoms with E-state index in [0.717, 1.165) is 0 Å². The molecule has 0 saturated heterocycles. The molecule has 1 aliphatic heterocycles. The second-order valence-electron chi connectivity index (χ2n) is 4.63. The number of carbonyl (C=O) groups is 1. The molecule has 0 aliphatic carbocycles. The maximum atomic E-state index is 13.4. The summed E-state index contributed by atoms with van der Waals surface area (Å²) < 4.78 is 29.3. The van der Waals surface area contributed by atoms with Crippen molar-refractivity contribution in [3.63, 3.8) is 0 Å². The van der Waals surface area contributed by atoms with Crippen LogP contribution in [-0.4, -0.2) is 25.7 Å². The Morgan fingerprint density at radius 3 is 2.73 bits per heavy atom. The SMILES string of the molecule is O=C(COc1ccccc1F)Nc1ccc2c(c1)OCCO2. The highest BCUT2D eigenvalue weighted by molar-refractivity contribution is 5.92. The van der Waals surface area contributed by atoms with Crippen LogP contribution in [0.4, 0.5) is 10.1 Å². The summed E-state index contributed by atoms with van der Waals surface area (Å²) in [5, 5.41) is 2.66. The van der Waals surface area contributed by atoms with Gasteiger partial charge in [-0.05, 0) is 24.3 Å². The number of rotatable bonds is 4. The number of hydrogen-bond donors (Lipinski definition) is 1. The Bertz CT molecular complexity index is 690. The van der Waals surface area contributed by atoms with Crippen LogP contribution in [0.1, 0.15) is 0 Å². The fourth-order valence-electron chi connectivity index (χ4n) is 2.02. The van der Waals surface area contributed by atoms with E-state index in [1.807, 2.05) is 0 Å². The molecule has 0 saturated carbocycles. The van der Waals surface area contributed by atoms with Crippen molar-refractivity contribution in [3.8, 4) is 17.2 Å². The van der Waals surface area contributed by atoms with Gasteiger partial charge in [-0.1, -0.05) is 12.1 Å². The number of para-hydroxylation sites is 1. The molecule has 114 valence electrons. The van der Waals surface area contributed by atoms with Crippen LogP contribution >= 0.6 is 0 Å². The normalized spacial score (nSPS) is 12.6. The Morgan fingerprint density at radius 2 is 1.91 bits per heavy atom. The maximum Gasteiger partial charge on any atom is 0.262 e. The first-order chi connectivity index (χ1) is 10.7. The van der Waals surface area contributed by atoms with Gasteiger partial charge in [0.2, 0.25) is 0 Å². The van der Waals surface area contributed by atoms with Gasteiger partial charge in [-0.15, -0.1) is 0 Å². The number of nitrogens with one attached hydrogen (secondary N) is 1. The Balaban J connectivity index is 1.59. The van der Waals surface area contributed by atoms with Gasteiger partial charge in [-0.2, -0.15) is 0 Å². The van der Waals surface area contributed by atoms with Gasteiger partial charge in [0, 0.05) is 11.8 Å². The van der Waals surface area contributed by atoms with E-state index in [4.69, 9.17) is 14.2 Å². The van der Waals surface area contributed by atoms with Gasteiger partial charge < -0.3 is 19.5 Å². The molecule has 1 amide bonds. The quantitative estimate of drug-likeness (QED) is 0.943. The molecule has 1 heterocycles. The molecular weight excluding hydrogens is 289 g/mol. The van der Waals surface area contributed by atoms with Crippen molar-refractivity contribution in [3.05, 3.63) is 48.3 Å². The Morgan fingerprint density at radius 1 is 1.14 bits per heavy atom. The molecule has 2 aromatic rings. The van der Waals surface area contributed by atoms with E-state index in [0.29, 0.717) is 30.4 Å². The van der Waals surface area contributed by atoms with E-state index < -0.39 is 5.82 Å². The van der Waals surface area contributed by atoms with Crippen LogP contribution in [0.3, 0.4) is 0 Å². The molecule has 0 unspecified atom stereocenters. The van der Waals surface area contributed by atoms with Gasteiger partial charge in [-0.25, -0.2) is 4.39 Å². The number of anilines is 1. The van der Waals surface area contributed by atoms with Crippen molar-refractivity contribution in [1.29, 1.82) is 0 Å². The first kappa shape index (κ1) is 14.2. The molecule has 0 bridgehead atoms. The lowest BCUT2D eigenvalue weighted by Crippen LogP contribution is -2.21. The topological polar surface area (TPSA) is 56.8 Å². The standard InChI is InChI=1S/C16H14FNO4/c17-12-3-1-2-4-13(12)22-10-16(19)18-11-5-6-14-15(9-11)21-8-7-20-14/h1-6,9H,7-8,10H2,(H,18,19). The summed E-state index contributed by atoms with van der Waals surface area (Å²) in [7, 11) is 0. The molecule has 6 heteroatoms. The summed E-state index contributed by atoms with van der Waals surface area (Å²) in [6.07, 6.45) is 0. The van der Waals surface area contributed by atoms with Gasteiger partial charge in [0.05, 0.1) is 0 Å². The molecule has 1 N–H and O–H groups in total. The van der Waals surface area contributed by atoms with Crippen LogP contribution in [0.2, 0.25) is 0 Å². The number of ether oxygens (including phenoxy) is 3. The molecule has 0 atom stereocenters.